The molecule has 0 saturated carbocycles. The van der Waals surface area contributed by atoms with E-state index in [1.165, 1.54) is 0 Å². The zero-order valence-electron chi connectivity index (χ0n) is 17.8. The van der Waals surface area contributed by atoms with Crippen molar-refractivity contribution in [3.05, 3.63) is 122 Å². The number of halogens is 2. The second kappa shape index (κ2) is 9.49. The van der Waals surface area contributed by atoms with Crippen LogP contribution in [0.3, 0.4) is 0 Å². The number of aromatic hydroxyl groups is 1. The zero-order chi connectivity index (χ0) is 23.7. The van der Waals surface area contributed by atoms with Crippen LogP contribution in [0.1, 0.15) is 33.0 Å². The van der Waals surface area contributed by atoms with E-state index in [1.54, 1.807) is 18.3 Å². The maximum atomic E-state index is 13.2. The van der Waals surface area contributed by atoms with E-state index < -0.39 is 5.92 Å². The third-order valence-corrected chi connectivity index (χ3v) is 6.71. The number of Topliss-reactive ketones (excluding diaryl/α,β-unsaturated/α-hetero) is 1. The van der Waals surface area contributed by atoms with Gasteiger partial charge in [-0.05, 0) is 57.9 Å². The van der Waals surface area contributed by atoms with Gasteiger partial charge in [0.2, 0.25) is 0 Å². The fourth-order valence-electron chi connectivity index (χ4n) is 4.02. The lowest BCUT2D eigenvalue weighted by atomic mass is 9.93. The van der Waals surface area contributed by atoms with Crippen molar-refractivity contribution in [1.29, 1.82) is 0 Å². The second-order valence-electron chi connectivity index (χ2n) is 7.85. The number of carbonyl (C=O) groups excluding carboxylic acids is 1. The molecule has 1 atom stereocenters. The monoisotopic (exact) mass is 572 g/mol. The Balaban J connectivity index is 1.48. The summed E-state index contributed by atoms with van der Waals surface area (Å²) in [5, 5.41) is 10.2. The first kappa shape index (κ1) is 22.4. The van der Waals surface area contributed by atoms with E-state index in [2.05, 4.69) is 36.9 Å². The van der Waals surface area contributed by atoms with Gasteiger partial charge in [-0.15, -0.1) is 0 Å². The maximum absolute atomic E-state index is 13.2. The molecule has 4 nitrogen and oxygen atoms in total. The van der Waals surface area contributed by atoms with E-state index in [4.69, 9.17) is 4.99 Å². The second-order valence-corrected chi connectivity index (χ2v) is 9.62. The van der Waals surface area contributed by atoms with Gasteiger partial charge in [0.1, 0.15) is 5.75 Å². The lowest BCUT2D eigenvalue weighted by molar-refractivity contribution is 0.0988. The summed E-state index contributed by atoms with van der Waals surface area (Å²) in [7, 11) is 0. The first-order valence-electron chi connectivity index (χ1n) is 10.6. The van der Waals surface area contributed by atoms with Crippen molar-refractivity contribution >= 4 is 60.9 Å². The number of ketones is 1. The van der Waals surface area contributed by atoms with Crippen molar-refractivity contribution in [3.8, 4) is 5.75 Å². The predicted molar refractivity (Wildman–Crippen MR) is 143 cm³/mol. The minimum atomic E-state index is -0.422. The predicted octanol–water partition coefficient (Wildman–Crippen LogP) is 7.77. The van der Waals surface area contributed by atoms with Gasteiger partial charge in [-0.1, -0.05) is 70.5 Å². The van der Waals surface area contributed by atoms with Gasteiger partial charge < -0.3 is 5.11 Å². The number of fused-ring (bicyclic) bond motifs is 1. The Bertz CT molecular complexity index is 1450. The van der Waals surface area contributed by atoms with Gasteiger partial charge in [0.25, 0.3) is 0 Å². The summed E-state index contributed by atoms with van der Waals surface area (Å²) < 4.78 is 1.43. The first-order chi connectivity index (χ1) is 16.5. The summed E-state index contributed by atoms with van der Waals surface area (Å²) in [5.74, 6) is -0.220. The Labute approximate surface area is 214 Å². The number of rotatable bonds is 4. The highest BCUT2D eigenvalue weighted by molar-refractivity contribution is 9.11. The van der Waals surface area contributed by atoms with Crippen molar-refractivity contribution in [2.75, 3.05) is 0 Å². The molecule has 6 heteroatoms. The van der Waals surface area contributed by atoms with E-state index in [0.717, 1.165) is 32.7 Å². The third-order valence-electron chi connectivity index (χ3n) is 5.65. The molecule has 0 amide bonds. The van der Waals surface area contributed by atoms with Gasteiger partial charge in [0.15, 0.2) is 5.78 Å². The standard InChI is InChI=1S/C28H18Br2N2O2/c29-19-14-18(27(33)24(30)15-19)16-31-20-10-12-21(13-11-20)32-26-22-8-4-5-9-23(22)28(34)25(26)17-6-2-1-3-7-17/h1-16,25,33H. The van der Waals surface area contributed by atoms with Gasteiger partial charge in [-0.25, -0.2) is 0 Å². The highest BCUT2D eigenvalue weighted by Crippen LogP contribution is 2.36. The Morgan fingerprint density at radius 2 is 1.44 bits per heavy atom. The van der Waals surface area contributed by atoms with Crippen LogP contribution in [0, 0.1) is 0 Å². The lowest BCUT2D eigenvalue weighted by Crippen LogP contribution is -2.13. The highest BCUT2D eigenvalue weighted by atomic mass is 79.9. The summed E-state index contributed by atoms with van der Waals surface area (Å²) in [4.78, 5) is 22.6. The van der Waals surface area contributed by atoms with Gasteiger partial charge >= 0.3 is 0 Å². The Hall–Kier alpha value is -3.35. The normalized spacial score (nSPS) is 16.4. The van der Waals surface area contributed by atoms with Crippen LogP contribution in [0.5, 0.6) is 5.75 Å². The Morgan fingerprint density at radius 1 is 0.794 bits per heavy atom. The lowest BCUT2D eigenvalue weighted by Gasteiger charge is -2.11. The molecule has 0 aliphatic heterocycles. The van der Waals surface area contributed by atoms with Crippen LogP contribution in [-0.2, 0) is 0 Å². The van der Waals surface area contributed by atoms with Crippen LogP contribution in [0.4, 0.5) is 11.4 Å². The van der Waals surface area contributed by atoms with E-state index in [1.807, 2.05) is 78.9 Å². The van der Waals surface area contributed by atoms with Crippen LogP contribution < -0.4 is 0 Å². The van der Waals surface area contributed by atoms with Gasteiger partial charge in [0.05, 0.1) is 27.5 Å². The molecule has 0 fully saturated rings. The van der Waals surface area contributed by atoms with Crippen LogP contribution in [0.15, 0.2) is 110 Å². The minimum Gasteiger partial charge on any atom is -0.506 e. The van der Waals surface area contributed by atoms with Gasteiger partial charge in [-0.2, -0.15) is 0 Å². The molecule has 166 valence electrons. The maximum Gasteiger partial charge on any atom is 0.176 e. The number of phenolic OH excluding ortho intramolecular Hbond substituents is 1. The van der Waals surface area contributed by atoms with Crippen molar-refractivity contribution in [3.63, 3.8) is 0 Å². The van der Waals surface area contributed by atoms with Crippen molar-refractivity contribution in [2.24, 2.45) is 9.98 Å². The largest absolute Gasteiger partial charge is 0.506 e. The molecule has 0 spiro atoms. The summed E-state index contributed by atoms with van der Waals surface area (Å²) in [6.45, 7) is 0. The molecular formula is C28H18Br2N2O2. The van der Waals surface area contributed by atoms with Crippen LogP contribution >= 0.6 is 31.9 Å². The third kappa shape index (κ3) is 4.39. The molecule has 5 rings (SSSR count). The van der Waals surface area contributed by atoms with Gasteiger partial charge in [0, 0.05) is 27.4 Å². The molecule has 0 radical (unpaired) electrons. The number of hydrogen-bond acceptors (Lipinski definition) is 4. The molecule has 1 aliphatic rings. The topological polar surface area (TPSA) is 62.0 Å². The molecular weight excluding hydrogens is 556 g/mol. The summed E-state index contributed by atoms with van der Waals surface area (Å²) in [6.07, 6.45) is 1.61. The van der Waals surface area contributed by atoms with Crippen LogP contribution in [-0.4, -0.2) is 22.8 Å². The number of phenols is 1. The van der Waals surface area contributed by atoms with E-state index in [0.29, 0.717) is 15.6 Å². The van der Waals surface area contributed by atoms with Crippen molar-refractivity contribution in [1.82, 2.24) is 0 Å². The number of hydrogen-bond donors (Lipinski definition) is 1. The quantitative estimate of drug-likeness (QED) is 0.253. The zero-order valence-corrected chi connectivity index (χ0v) is 21.0. The summed E-state index contributed by atoms with van der Waals surface area (Å²) in [5.41, 5.74) is 5.33. The first-order valence-corrected chi connectivity index (χ1v) is 12.2. The SMILES string of the molecule is O=C1c2ccccc2C(=Nc2ccc(N=Cc3cc(Br)cc(Br)c3O)cc2)C1c1ccccc1. The van der Waals surface area contributed by atoms with E-state index in [9.17, 15) is 9.90 Å². The molecule has 4 aromatic carbocycles. The Kier molecular flexibility index (Phi) is 6.26. The number of aliphatic imine (C=N–C) groups is 2. The molecule has 0 heterocycles. The number of benzene rings is 4. The Morgan fingerprint density at radius 3 is 2.18 bits per heavy atom. The van der Waals surface area contributed by atoms with Crippen molar-refractivity contribution < 1.29 is 9.90 Å². The van der Waals surface area contributed by atoms with E-state index >= 15 is 0 Å². The van der Waals surface area contributed by atoms with Crippen LogP contribution in [0.25, 0.3) is 0 Å². The molecule has 4 aromatic rings. The smallest absolute Gasteiger partial charge is 0.176 e. The molecule has 0 bridgehead atoms. The molecule has 1 aliphatic carbocycles. The minimum absolute atomic E-state index is 0.0711. The number of nitrogens with zero attached hydrogens (tertiary/aromatic N) is 2. The fraction of sp³-hybridized carbons (Fsp3) is 0.0357. The van der Waals surface area contributed by atoms with Crippen molar-refractivity contribution in [2.45, 2.75) is 5.92 Å². The van der Waals surface area contributed by atoms with Gasteiger partial charge in [-0.3, -0.25) is 14.8 Å². The fourth-order valence-corrected chi connectivity index (χ4v) is 5.28. The molecule has 1 N–H and O–H groups in total. The molecule has 1 unspecified atom stereocenters. The van der Waals surface area contributed by atoms with E-state index in [-0.39, 0.29) is 11.5 Å². The summed E-state index contributed by atoms with van der Waals surface area (Å²) >= 11 is 6.75. The average Bonchev–Trinajstić information content (AvgIpc) is 3.13. The highest BCUT2D eigenvalue weighted by Gasteiger charge is 2.37. The number of carbonyl (C=O) groups is 1. The summed E-state index contributed by atoms with van der Waals surface area (Å²) in [6, 6.07) is 28.5. The average molecular weight is 574 g/mol. The van der Waals surface area contributed by atoms with Crippen LogP contribution in [0.2, 0.25) is 0 Å². The molecule has 0 aromatic heterocycles. The molecule has 34 heavy (non-hydrogen) atoms. The molecule has 0 saturated heterocycles.